The van der Waals surface area contributed by atoms with Gasteiger partial charge in [0.1, 0.15) is 5.54 Å². The quantitative estimate of drug-likeness (QED) is 0.149. The topological polar surface area (TPSA) is 49.4 Å². The summed E-state index contributed by atoms with van der Waals surface area (Å²) in [6, 6.07) is 41.3. The highest BCUT2D eigenvalue weighted by molar-refractivity contribution is 6.47. The average molecular weight is 617 g/mol. The number of nitrogens with zero attached hydrogens (tertiary/aromatic N) is 1. The average Bonchev–Trinajstić information content (AvgIpc) is 3.61. The molecule has 1 aliphatic heterocycles. The van der Waals surface area contributed by atoms with E-state index in [1.54, 1.807) is 0 Å². The second kappa shape index (κ2) is 11.2. The van der Waals surface area contributed by atoms with Gasteiger partial charge in [0.2, 0.25) is 0 Å². The molecule has 0 amide bonds. The maximum absolute atomic E-state index is 7.03. The lowest BCUT2D eigenvalue weighted by Gasteiger charge is -2.64. The van der Waals surface area contributed by atoms with Crippen molar-refractivity contribution in [3.8, 4) is 0 Å². The van der Waals surface area contributed by atoms with Crippen LogP contribution < -0.4 is 5.73 Å². The number of rotatable bonds is 7. The molecule has 45 heavy (non-hydrogen) atoms. The first kappa shape index (κ1) is 30.3. The van der Waals surface area contributed by atoms with Gasteiger partial charge in [0.15, 0.2) is 0 Å². The Morgan fingerprint density at radius 3 is 1.89 bits per heavy atom. The Bertz CT molecular complexity index is 1700. The Morgan fingerprint density at radius 2 is 1.33 bits per heavy atom. The highest BCUT2D eigenvalue weighted by Gasteiger charge is 2.68. The summed E-state index contributed by atoms with van der Waals surface area (Å²) in [5.74, 6) is 0.946. The molecule has 1 saturated heterocycles. The van der Waals surface area contributed by atoms with E-state index < -0.39 is 12.7 Å². The minimum Gasteiger partial charge on any atom is -0.404 e. The van der Waals surface area contributed by atoms with Gasteiger partial charge in [0.25, 0.3) is 0 Å². The standard InChI is InChI=1S/C39H41BN2O2.ClH/c1-37(2)31-24-34(37)38(3)35(25-31)43-40(44-38)36(41)23-27-26-42(33-22-14-13-21-32(27)33)39(28-15-7-4-8-16-28,29-17-9-5-10-18-29)30-19-11-6-12-20-30;/h4-22,26,31,34-36H,23-25,41H2,1-3H3;1H/t31-,34-,35+,36-,38-;/m0./s1. The summed E-state index contributed by atoms with van der Waals surface area (Å²) in [5, 5.41) is 1.21. The molecule has 2 heterocycles. The van der Waals surface area contributed by atoms with Crippen LogP contribution in [0.25, 0.3) is 10.9 Å². The van der Waals surface area contributed by atoms with Crippen LogP contribution in [0.5, 0.6) is 0 Å². The second-order valence-corrected chi connectivity index (χ2v) is 14.1. The lowest BCUT2D eigenvalue weighted by Crippen LogP contribution is -2.65. The van der Waals surface area contributed by atoms with E-state index in [0.29, 0.717) is 23.7 Å². The molecule has 5 atom stereocenters. The van der Waals surface area contributed by atoms with Crippen LogP contribution >= 0.6 is 12.4 Å². The zero-order chi connectivity index (χ0) is 30.1. The van der Waals surface area contributed by atoms with Crippen LogP contribution in [0.15, 0.2) is 121 Å². The number of fused-ring (bicyclic) bond motifs is 1. The molecular formula is C39H42BClN2O2. The van der Waals surface area contributed by atoms with Crippen molar-refractivity contribution >= 4 is 30.4 Å². The third-order valence-electron chi connectivity index (χ3n) is 11.5. The van der Waals surface area contributed by atoms with Crippen molar-refractivity contribution < 1.29 is 9.31 Å². The molecule has 230 valence electrons. The largest absolute Gasteiger partial charge is 0.475 e. The molecule has 3 saturated carbocycles. The molecule has 4 nitrogen and oxygen atoms in total. The molecule has 4 fully saturated rings. The van der Waals surface area contributed by atoms with Gasteiger partial charge in [0.05, 0.1) is 11.7 Å². The normalized spacial score (nSPS) is 25.7. The molecule has 2 bridgehead atoms. The molecule has 9 rings (SSSR count). The fourth-order valence-electron chi connectivity index (χ4n) is 9.08. The molecule has 5 aromatic rings. The van der Waals surface area contributed by atoms with E-state index in [0.717, 1.165) is 6.42 Å². The van der Waals surface area contributed by atoms with Crippen LogP contribution in [0.3, 0.4) is 0 Å². The van der Waals surface area contributed by atoms with E-state index in [2.05, 4.69) is 147 Å². The van der Waals surface area contributed by atoms with E-state index in [1.165, 1.54) is 39.6 Å². The molecule has 3 aliphatic carbocycles. The van der Waals surface area contributed by atoms with Gasteiger partial charge in [-0.25, -0.2) is 0 Å². The van der Waals surface area contributed by atoms with Gasteiger partial charge >= 0.3 is 7.12 Å². The van der Waals surface area contributed by atoms with E-state index >= 15 is 0 Å². The van der Waals surface area contributed by atoms with E-state index in [-0.39, 0.29) is 30.1 Å². The Hall–Kier alpha value is -3.35. The summed E-state index contributed by atoms with van der Waals surface area (Å²) in [7, 11) is -0.413. The third kappa shape index (κ3) is 4.46. The Balaban J connectivity index is 0.00000325. The Labute approximate surface area is 273 Å². The van der Waals surface area contributed by atoms with Crippen LogP contribution in [0, 0.1) is 17.3 Å². The monoisotopic (exact) mass is 616 g/mol. The van der Waals surface area contributed by atoms with E-state index in [4.69, 9.17) is 15.0 Å². The lowest BCUT2D eigenvalue weighted by atomic mass is 9.43. The first-order valence-corrected chi connectivity index (χ1v) is 16.2. The zero-order valence-corrected chi connectivity index (χ0v) is 27.1. The van der Waals surface area contributed by atoms with E-state index in [1.807, 2.05) is 0 Å². The predicted octanol–water partition coefficient (Wildman–Crippen LogP) is 8.04. The summed E-state index contributed by atoms with van der Waals surface area (Å²) < 4.78 is 15.9. The first-order valence-electron chi connectivity index (χ1n) is 16.2. The molecule has 1 aromatic heterocycles. The molecule has 4 aromatic carbocycles. The molecule has 0 spiro atoms. The smallest absolute Gasteiger partial charge is 0.404 e. The number of para-hydroxylation sites is 1. The van der Waals surface area contributed by atoms with Gasteiger partial charge in [-0.15, -0.1) is 12.4 Å². The fraction of sp³-hybridized carbons (Fsp3) is 0.333. The molecule has 0 unspecified atom stereocenters. The van der Waals surface area contributed by atoms with Crippen molar-refractivity contribution in [2.75, 3.05) is 0 Å². The summed E-state index contributed by atoms with van der Waals surface area (Å²) >= 11 is 0. The number of hydrogen-bond donors (Lipinski definition) is 1. The third-order valence-corrected chi connectivity index (χ3v) is 11.5. The van der Waals surface area contributed by atoms with Crippen LogP contribution in [0.1, 0.15) is 55.9 Å². The molecule has 6 heteroatoms. The van der Waals surface area contributed by atoms with Crippen molar-refractivity contribution in [2.45, 2.75) is 63.2 Å². The minimum absolute atomic E-state index is 0. The van der Waals surface area contributed by atoms with Gasteiger partial charge < -0.3 is 19.6 Å². The number of nitrogens with two attached hydrogens (primary N) is 1. The van der Waals surface area contributed by atoms with Crippen molar-refractivity contribution in [3.05, 3.63) is 144 Å². The summed E-state index contributed by atoms with van der Waals surface area (Å²) in [6.45, 7) is 7.07. The van der Waals surface area contributed by atoms with Crippen LogP contribution in [-0.4, -0.2) is 29.3 Å². The summed E-state index contributed by atoms with van der Waals surface area (Å²) in [5.41, 5.74) is 12.5. The van der Waals surface area contributed by atoms with Crippen molar-refractivity contribution in [1.29, 1.82) is 0 Å². The zero-order valence-electron chi connectivity index (χ0n) is 26.3. The number of benzene rings is 4. The minimum atomic E-state index is -0.596. The van der Waals surface area contributed by atoms with Gasteiger partial charge in [0, 0.05) is 23.0 Å². The van der Waals surface area contributed by atoms with Gasteiger partial charge in [-0.3, -0.25) is 0 Å². The first-order chi connectivity index (χ1) is 21.3. The second-order valence-electron chi connectivity index (χ2n) is 14.1. The maximum Gasteiger partial charge on any atom is 0.475 e. The SMILES string of the molecule is CC1(C)[C@@H]2C[C@H]3OB([C@@H](N)Cc4cn(C(c5ccccc5)(c5ccccc5)c5ccccc5)c5ccccc45)O[C@@]3(C)[C@H]1C2.Cl. The van der Waals surface area contributed by atoms with Crippen molar-refractivity contribution in [2.24, 2.45) is 23.0 Å². The molecular weight excluding hydrogens is 575 g/mol. The van der Waals surface area contributed by atoms with Gasteiger partial charge in [-0.2, -0.15) is 0 Å². The molecule has 2 N–H and O–H groups in total. The lowest BCUT2D eigenvalue weighted by molar-refractivity contribution is -0.199. The van der Waals surface area contributed by atoms with Crippen molar-refractivity contribution in [1.82, 2.24) is 4.57 Å². The number of hydrogen-bond acceptors (Lipinski definition) is 3. The van der Waals surface area contributed by atoms with Crippen molar-refractivity contribution in [3.63, 3.8) is 0 Å². The Morgan fingerprint density at radius 1 is 0.800 bits per heavy atom. The highest BCUT2D eigenvalue weighted by atomic mass is 35.5. The van der Waals surface area contributed by atoms with Crippen LogP contribution in [-0.2, 0) is 21.3 Å². The number of halogens is 1. The summed E-state index contributed by atoms with van der Waals surface area (Å²) in [6.07, 6.45) is 5.42. The van der Waals surface area contributed by atoms with Crippen LogP contribution in [0.2, 0.25) is 0 Å². The van der Waals surface area contributed by atoms with Gasteiger partial charge in [-0.1, -0.05) is 123 Å². The highest BCUT2D eigenvalue weighted by Crippen LogP contribution is 2.65. The summed E-state index contributed by atoms with van der Waals surface area (Å²) in [4.78, 5) is 0. The molecule has 0 radical (unpaired) electrons. The number of aromatic nitrogens is 1. The van der Waals surface area contributed by atoms with Crippen LogP contribution in [0.4, 0.5) is 0 Å². The molecule has 4 aliphatic rings. The predicted molar refractivity (Wildman–Crippen MR) is 186 cm³/mol. The fourth-order valence-corrected chi connectivity index (χ4v) is 9.08. The maximum atomic E-state index is 7.03. The van der Waals surface area contributed by atoms with E-state index in [9.17, 15) is 0 Å². The Kier molecular flexibility index (Phi) is 7.52. The van der Waals surface area contributed by atoms with Gasteiger partial charge in [-0.05, 0) is 71.8 Å².